The van der Waals surface area contributed by atoms with Crippen LogP contribution in [-0.2, 0) is 18.7 Å². The van der Waals surface area contributed by atoms with Crippen LogP contribution in [0.15, 0.2) is 40.8 Å². The highest BCUT2D eigenvalue weighted by Gasteiger charge is 2.06. The van der Waals surface area contributed by atoms with Crippen LogP contribution in [0.4, 0.5) is 4.39 Å². The van der Waals surface area contributed by atoms with Gasteiger partial charge in [-0.15, -0.1) is 0 Å². The Balaban J connectivity index is 1.79. The fraction of sp³-hybridized carbons (Fsp3) is 0.375. The van der Waals surface area contributed by atoms with Crippen LogP contribution >= 0.6 is 11.8 Å². The second-order valence-corrected chi connectivity index (χ2v) is 5.78. The van der Waals surface area contributed by atoms with E-state index in [2.05, 4.69) is 18.5 Å². The maximum absolute atomic E-state index is 12.8. The molecule has 0 saturated carbocycles. The van der Waals surface area contributed by atoms with Gasteiger partial charge in [-0.3, -0.25) is 0 Å². The molecule has 1 heterocycles. The molecule has 4 heteroatoms. The van der Waals surface area contributed by atoms with E-state index >= 15 is 0 Å². The summed E-state index contributed by atoms with van der Waals surface area (Å²) in [6.07, 6.45) is 2.93. The topological polar surface area (TPSA) is 25.2 Å². The number of rotatable bonds is 7. The number of benzene rings is 1. The first-order valence-electron chi connectivity index (χ1n) is 6.71. The van der Waals surface area contributed by atoms with Gasteiger partial charge < -0.3 is 9.73 Å². The van der Waals surface area contributed by atoms with Gasteiger partial charge in [0.1, 0.15) is 17.3 Å². The van der Waals surface area contributed by atoms with Gasteiger partial charge in [-0.25, -0.2) is 4.39 Å². The first-order chi connectivity index (χ1) is 9.67. The van der Waals surface area contributed by atoms with Crippen molar-refractivity contribution in [1.29, 1.82) is 0 Å². The summed E-state index contributed by atoms with van der Waals surface area (Å²) in [6.45, 7) is 2.84. The van der Waals surface area contributed by atoms with Gasteiger partial charge >= 0.3 is 0 Å². The molecule has 0 spiro atoms. The summed E-state index contributed by atoms with van der Waals surface area (Å²) in [7, 11) is 0. The summed E-state index contributed by atoms with van der Waals surface area (Å²) in [5, 5.41) is 3.42. The molecule has 0 fully saturated rings. The molecule has 1 aromatic carbocycles. The molecule has 20 heavy (non-hydrogen) atoms. The summed E-state index contributed by atoms with van der Waals surface area (Å²) in [5.41, 5.74) is 1.13. The van der Waals surface area contributed by atoms with Crippen molar-refractivity contribution in [1.82, 2.24) is 5.32 Å². The Morgan fingerprint density at radius 3 is 2.55 bits per heavy atom. The maximum atomic E-state index is 12.8. The SMILES string of the molecule is CSCc1ccc(CNC(C)Cc2ccc(F)cc2)o1. The van der Waals surface area contributed by atoms with E-state index < -0.39 is 0 Å². The fourth-order valence-electron chi connectivity index (χ4n) is 2.06. The largest absolute Gasteiger partial charge is 0.464 e. The Labute approximate surface area is 123 Å². The summed E-state index contributed by atoms with van der Waals surface area (Å²) in [6, 6.07) is 11.0. The highest BCUT2D eigenvalue weighted by molar-refractivity contribution is 7.97. The Kier molecular flexibility index (Phi) is 5.68. The van der Waals surface area contributed by atoms with Crippen molar-refractivity contribution in [2.75, 3.05) is 6.26 Å². The number of hydrogen-bond acceptors (Lipinski definition) is 3. The van der Waals surface area contributed by atoms with Crippen LogP contribution < -0.4 is 5.32 Å². The van der Waals surface area contributed by atoms with Crippen LogP contribution in [-0.4, -0.2) is 12.3 Å². The molecule has 2 nitrogen and oxygen atoms in total. The Bertz CT molecular complexity index is 524. The minimum absolute atomic E-state index is 0.189. The van der Waals surface area contributed by atoms with E-state index in [0.717, 1.165) is 35.8 Å². The lowest BCUT2D eigenvalue weighted by Crippen LogP contribution is -2.27. The Morgan fingerprint density at radius 1 is 1.15 bits per heavy atom. The monoisotopic (exact) mass is 293 g/mol. The number of halogens is 1. The zero-order chi connectivity index (χ0) is 14.4. The molecular weight excluding hydrogens is 273 g/mol. The maximum Gasteiger partial charge on any atom is 0.123 e. The van der Waals surface area contributed by atoms with E-state index in [1.54, 1.807) is 11.8 Å². The Hall–Kier alpha value is -1.26. The standard InChI is InChI=1S/C16H20FNOS/c1-12(9-13-3-5-14(17)6-4-13)18-10-15-7-8-16(19-15)11-20-2/h3-8,12,18H,9-11H2,1-2H3. The molecule has 1 atom stereocenters. The van der Waals surface area contributed by atoms with Crippen LogP contribution in [0.2, 0.25) is 0 Å². The molecule has 0 radical (unpaired) electrons. The van der Waals surface area contributed by atoms with Crippen molar-refractivity contribution < 1.29 is 8.81 Å². The van der Waals surface area contributed by atoms with Gasteiger partial charge in [0, 0.05) is 6.04 Å². The molecule has 0 aliphatic heterocycles. The highest BCUT2D eigenvalue weighted by atomic mass is 32.2. The lowest BCUT2D eigenvalue weighted by molar-refractivity contribution is 0.437. The number of nitrogens with one attached hydrogen (secondary N) is 1. The number of thioether (sulfide) groups is 1. The van der Waals surface area contributed by atoms with Crippen LogP contribution in [0, 0.1) is 5.82 Å². The van der Waals surface area contributed by atoms with Gasteiger partial charge in [0.15, 0.2) is 0 Å². The van der Waals surface area contributed by atoms with E-state index in [4.69, 9.17) is 4.42 Å². The number of furan rings is 1. The quantitative estimate of drug-likeness (QED) is 0.835. The fourth-order valence-corrected chi connectivity index (χ4v) is 2.50. The van der Waals surface area contributed by atoms with Gasteiger partial charge in [-0.1, -0.05) is 12.1 Å². The van der Waals surface area contributed by atoms with Gasteiger partial charge in [0.25, 0.3) is 0 Å². The third-order valence-corrected chi connectivity index (χ3v) is 3.66. The predicted molar refractivity (Wildman–Crippen MR) is 82.3 cm³/mol. The molecule has 1 aromatic heterocycles. The first kappa shape index (κ1) is 15.1. The van der Waals surface area contributed by atoms with Crippen LogP contribution in [0.5, 0.6) is 0 Å². The van der Waals surface area contributed by atoms with Gasteiger partial charge in [0.05, 0.1) is 12.3 Å². The van der Waals surface area contributed by atoms with Crippen LogP contribution in [0.3, 0.4) is 0 Å². The predicted octanol–water partition coefficient (Wildman–Crippen LogP) is 4.00. The molecule has 0 bridgehead atoms. The van der Waals surface area contributed by atoms with E-state index in [9.17, 15) is 4.39 Å². The zero-order valence-corrected chi connectivity index (χ0v) is 12.7. The zero-order valence-electron chi connectivity index (χ0n) is 11.9. The summed E-state index contributed by atoms with van der Waals surface area (Å²) >= 11 is 1.75. The third-order valence-electron chi connectivity index (χ3n) is 3.08. The van der Waals surface area contributed by atoms with E-state index in [1.165, 1.54) is 12.1 Å². The molecular formula is C16H20FNOS. The molecule has 1 N–H and O–H groups in total. The van der Waals surface area contributed by atoms with E-state index in [0.29, 0.717) is 6.04 Å². The second kappa shape index (κ2) is 7.50. The first-order valence-corrected chi connectivity index (χ1v) is 8.11. The molecule has 1 unspecified atom stereocenters. The number of hydrogen-bond donors (Lipinski definition) is 1. The van der Waals surface area contributed by atoms with E-state index in [1.807, 2.05) is 24.3 Å². The molecule has 0 aliphatic rings. The minimum Gasteiger partial charge on any atom is -0.464 e. The molecule has 2 aromatic rings. The molecule has 108 valence electrons. The van der Waals surface area contributed by atoms with Crippen LogP contribution in [0.25, 0.3) is 0 Å². The average Bonchev–Trinajstić information content (AvgIpc) is 2.87. The smallest absolute Gasteiger partial charge is 0.123 e. The summed E-state index contributed by atoms with van der Waals surface area (Å²) in [5.74, 6) is 2.69. The van der Waals surface area contributed by atoms with Crippen molar-refractivity contribution in [3.8, 4) is 0 Å². The lowest BCUT2D eigenvalue weighted by atomic mass is 10.1. The normalized spacial score (nSPS) is 12.6. The summed E-state index contributed by atoms with van der Waals surface area (Å²) < 4.78 is 18.5. The van der Waals surface area contributed by atoms with Gasteiger partial charge in [0.2, 0.25) is 0 Å². The van der Waals surface area contributed by atoms with Crippen molar-refractivity contribution in [3.63, 3.8) is 0 Å². The van der Waals surface area contributed by atoms with E-state index in [-0.39, 0.29) is 5.82 Å². The minimum atomic E-state index is -0.189. The molecule has 2 rings (SSSR count). The molecule has 0 saturated heterocycles. The third kappa shape index (κ3) is 4.69. The Morgan fingerprint density at radius 2 is 1.85 bits per heavy atom. The van der Waals surface area contributed by atoms with Crippen molar-refractivity contribution >= 4 is 11.8 Å². The summed E-state index contributed by atoms with van der Waals surface area (Å²) in [4.78, 5) is 0. The van der Waals surface area contributed by atoms with Gasteiger partial charge in [-0.05, 0) is 49.4 Å². The van der Waals surface area contributed by atoms with Crippen molar-refractivity contribution in [3.05, 3.63) is 59.3 Å². The molecule has 0 aliphatic carbocycles. The average molecular weight is 293 g/mol. The van der Waals surface area contributed by atoms with Crippen molar-refractivity contribution in [2.24, 2.45) is 0 Å². The van der Waals surface area contributed by atoms with Gasteiger partial charge in [-0.2, -0.15) is 11.8 Å². The van der Waals surface area contributed by atoms with Crippen molar-refractivity contribution in [2.45, 2.75) is 31.7 Å². The highest BCUT2D eigenvalue weighted by Crippen LogP contribution is 2.13. The second-order valence-electron chi connectivity index (χ2n) is 4.91. The van der Waals surface area contributed by atoms with Crippen LogP contribution in [0.1, 0.15) is 24.0 Å². The lowest BCUT2D eigenvalue weighted by Gasteiger charge is -2.12. The molecule has 0 amide bonds.